The van der Waals surface area contributed by atoms with Crippen molar-refractivity contribution in [2.45, 2.75) is 50.5 Å². The van der Waals surface area contributed by atoms with E-state index in [-0.39, 0.29) is 17.9 Å². The zero-order chi connectivity index (χ0) is 28.2. The van der Waals surface area contributed by atoms with E-state index in [9.17, 15) is 9.59 Å². The number of ether oxygens (including phenoxy) is 1. The van der Waals surface area contributed by atoms with E-state index in [1.54, 1.807) is 6.20 Å². The number of rotatable bonds is 6. The number of nitrogens with one attached hydrogen (secondary N) is 2. The van der Waals surface area contributed by atoms with Crippen molar-refractivity contribution < 1.29 is 14.3 Å². The predicted octanol–water partition coefficient (Wildman–Crippen LogP) is 3.64. The van der Waals surface area contributed by atoms with E-state index >= 15 is 0 Å². The standard InChI is InChI=1S/C31H41BrN6O3/c32-25-16-23(17-26(19-25)36-10-8-33-9-11-36)30(39)37-12-14-38(15-13-37)31(40)24-18-28(22-4-2-1-3-5-22)29(35-20-24)41-27-6-7-34-21-27/h16-20,22,27,33-34H,1-15,21H2/t27-/m0/s1. The maximum absolute atomic E-state index is 13.6. The summed E-state index contributed by atoms with van der Waals surface area (Å²) >= 11 is 3.61. The zero-order valence-corrected chi connectivity index (χ0v) is 25.3. The first kappa shape index (κ1) is 28.4. The van der Waals surface area contributed by atoms with Crippen LogP contribution in [0.15, 0.2) is 34.9 Å². The fourth-order valence-electron chi connectivity index (χ4n) is 6.56. The second-order valence-electron chi connectivity index (χ2n) is 11.7. The molecular formula is C31H41BrN6O3. The summed E-state index contributed by atoms with van der Waals surface area (Å²) in [6.45, 7) is 7.58. The fourth-order valence-corrected chi connectivity index (χ4v) is 7.04. The molecule has 1 saturated carbocycles. The lowest BCUT2D eigenvalue weighted by molar-refractivity contribution is 0.0535. The molecule has 1 atom stereocenters. The number of hydrogen-bond acceptors (Lipinski definition) is 7. The number of pyridine rings is 1. The Morgan fingerprint density at radius 3 is 2.20 bits per heavy atom. The normalized spacial score (nSPS) is 22.2. The molecule has 4 aliphatic rings. The van der Waals surface area contributed by atoms with Gasteiger partial charge in [0, 0.05) is 86.4 Å². The molecule has 2 N–H and O–H groups in total. The molecule has 0 radical (unpaired) electrons. The Hall–Kier alpha value is -2.69. The van der Waals surface area contributed by atoms with Crippen molar-refractivity contribution in [3.05, 3.63) is 51.6 Å². The summed E-state index contributed by atoms with van der Waals surface area (Å²) in [7, 11) is 0. The van der Waals surface area contributed by atoms with Crippen molar-refractivity contribution in [3.8, 4) is 5.88 Å². The molecule has 2 aromatic rings. The summed E-state index contributed by atoms with van der Waals surface area (Å²) in [5, 5.41) is 6.73. The van der Waals surface area contributed by atoms with Gasteiger partial charge in [0.05, 0.1) is 5.56 Å². The molecule has 0 bridgehead atoms. The molecule has 220 valence electrons. The van der Waals surface area contributed by atoms with Gasteiger partial charge in [0.15, 0.2) is 0 Å². The van der Waals surface area contributed by atoms with Crippen LogP contribution in [-0.2, 0) is 0 Å². The Morgan fingerprint density at radius 1 is 0.805 bits per heavy atom. The van der Waals surface area contributed by atoms with E-state index in [0.29, 0.717) is 49.1 Å². The first-order valence-electron chi connectivity index (χ1n) is 15.3. The SMILES string of the molecule is O=C(c1cc(Br)cc(N2CCNCC2)c1)N1CCN(C(=O)c2cnc(O[C@H]3CCNC3)c(C3CCCCC3)c2)CC1. The molecule has 0 spiro atoms. The van der Waals surface area contributed by atoms with Gasteiger partial charge in [0.25, 0.3) is 11.8 Å². The summed E-state index contributed by atoms with van der Waals surface area (Å²) in [6.07, 6.45) is 8.71. The van der Waals surface area contributed by atoms with Crippen LogP contribution in [0, 0.1) is 0 Å². The van der Waals surface area contributed by atoms with Gasteiger partial charge in [-0.15, -0.1) is 0 Å². The third kappa shape index (κ3) is 6.70. The number of benzene rings is 1. The van der Waals surface area contributed by atoms with Gasteiger partial charge in [-0.25, -0.2) is 4.98 Å². The van der Waals surface area contributed by atoms with Gasteiger partial charge < -0.3 is 30.1 Å². The van der Waals surface area contributed by atoms with Gasteiger partial charge in [-0.05, 0) is 56.0 Å². The highest BCUT2D eigenvalue weighted by molar-refractivity contribution is 9.10. The first-order valence-corrected chi connectivity index (χ1v) is 16.1. The molecule has 1 aromatic carbocycles. The van der Waals surface area contributed by atoms with Crippen molar-refractivity contribution in [3.63, 3.8) is 0 Å². The Morgan fingerprint density at radius 2 is 1.51 bits per heavy atom. The predicted molar refractivity (Wildman–Crippen MR) is 163 cm³/mol. The van der Waals surface area contributed by atoms with Crippen molar-refractivity contribution in [1.29, 1.82) is 0 Å². The smallest absolute Gasteiger partial charge is 0.255 e. The highest BCUT2D eigenvalue weighted by Gasteiger charge is 2.29. The van der Waals surface area contributed by atoms with E-state index in [0.717, 1.165) is 74.3 Å². The molecule has 3 aliphatic heterocycles. The molecule has 41 heavy (non-hydrogen) atoms. The summed E-state index contributed by atoms with van der Waals surface area (Å²) in [4.78, 5) is 37.8. The third-order valence-corrected chi connectivity index (χ3v) is 9.39. The highest BCUT2D eigenvalue weighted by Crippen LogP contribution is 2.37. The summed E-state index contributed by atoms with van der Waals surface area (Å²) in [5.41, 5.74) is 3.46. The number of aromatic nitrogens is 1. The van der Waals surface area contributed by atoms with Crippen LogP contribution in [0.25, 0.3) is 0 Å². The third-order valence-electron chi connectivity index (χ3n) is 8.93. The van der Waals surface area contributed by atoms with Crippen LogP contribution < -0.4 is 20.3 Å². The van der Waals surface area contributed by atoms with Crippen molar-refractivity contribution in [2.24, 2.45) is 0 Å². The largest absolute Gasteiger partial charge is 0.473 e. The molecule has 4 fully saturated rings. The number of carbonyl (C=O) groups excluding carboxylic acids is 2. The Labute approximate surface area is 251 Å². The molecule has 1 aromatic heterocycles. The minimum atomic E-state index is -0.0146. The van der Waals surface area contributed by atoms with Crippen molar-refractivity contribution in [1.82, 2.24) is 25.4 Å². The molecule has 1 aliphatic carbocycles. The van der Waals surface area contributed by atoms with Crippen molar-refractivity contribution >= 4 is 33.4 Å². The summed E-state index contributed by atoms with van der Waals surface area (Å²) in [5.74, 6) is 1.09. The number of hydrogen-bond donors (Lipinski definition) is 2. The van der Waals surface area contributed by atoms with Gasteiger partial charge in [-0.2, -0.15) is 0 Å². The lowest BCUT2D eigenvalue weighted by Crippen LogP contribution is -2.50. The second kappa shape index (κ2) is 13.1. The first-order chi connectivity index (χ1) is 20.0. The Kier molecular flexibility index (Phi) is 9.07. The van der Waals surface area contributed by atoms with E-state index in [4.69, 9.17) is 9.72 Å². The molecule has 9 nitrogen and oxygen atoms in total. The average molecular weight is 626 g/mol. The topological polar surface area (TPSA) is 90.0 Å². The minimum absolute atomic E-state index is 0.0129. The molecular weight excluding hydrogens is 584 g/mol. The van der Waals surface area contributed by atoms with E-state index < -0.39 is 0 Å². The maximum atomic E-state index is 13.6. The lowest BCUT2D eigenvalue weighted by Gasteiger charge is -2.35. The molecule has 10 heteroatoms. The van der Waals surface area contributed by atoms with Gasteiger partial charge in [-0.3, -0.25) is 9.59 Å². The molecule has 2 amide bonds. The van der Waals surface area contributed by atoms with Crippen LogP contribution in [0.2, 0.25) is 0 Å². The zero-order valence-electron chi connectivity index (χ0n) is 23.7. The van der Waals surface area contributed by atoms with E-state index in [1.165, 1.54) is 19.3 Å². The second-order valence-corrected chi connectivity index (χ2v) is 12.6. The number of piperazine rings is 2. The van der Waals surface area contributed by atoms with Crippen LogP contribution in [0.5, 0.6) is 5.88 Å². The van der Waals surface area contributed by atoms with Crippen molar-refractivity contribution in [2.75, 3.05) is 70.3 Å². The maximum Gasteiger partial charge on any atom is 0.255 e. The molecule has 6 rings (SSSR count). The molecule has 0 unspecified atom stereocenters. The highest BCUT2D eigenvalue weighted by atomic mass is 79.9. The van der Waals surface area contributed by atoms with Gasteiger partial charge in [-0.1, -0.05) is 35.2 Å². The van der Waals surface area contributed by atoms with E-state index in [2.05, 4.69) is 37.5 Å². The Balaban J connectivity index is 1.12. The van der Waals surface area contributed by atoms with Crippen LogP contribution in [0.1, 0.15) is 70.7 Å². The summed E-state index contributed by atoms with van der Waals surface area (Å²) in [6, 6.07) is 8.02. The number of anilines is 1. The van der Waals surface area contributed by atoms with Crippen LogP contribution >= 0.6 is 15.9 Å². The van der Waals surface area contributed by atoms with Gasteiger partial charge >= 0.3 is 0 Å². The van der Waals surface area contributed by atoms with Crippen LogP contribution in [-0.4, -0.2) is 98.1 Å². The Bertz CT molecular complexity index is 1230. The summed E-state index contributed by atoms with van der Waals surface area (Å²) < 4.78 is 7.23. The number of amides is 2. The van der Waals surface area contributed by atoms with E-state index in [1.807, 2.05) is 28.0 Å². The quantitative estimate of drug-likeness (QED) is 0.507. The molecule has 3 saturated heterocycles. The lowest BCUT2D eigenvalue weighted by atomic mass is 9.84. The van der Waals surface area contributed by atoms with Gasteiger partial charge in [0.2, 0.25) is 5.88 Å². The fraction of sp³-hybridized carbons (Fsp3) is 0.581. The minimum Gasteiger partial charge on any atom is -0.473 e. The van der Waals surface area contributed by atoms with Crippen LogP contribution in [0.3, 0.4) is 0 Å². The van der Waals surface area contributed by atoms with Gasteiger partial charge in [0.1, 0.15) is 6.10 Å². The number of carbonyl (C=O) groups is 2. The molecule has 4 heterocycles. The van der Waals surface area contributed by atoms with Crippen LogP contribution in [0.4, 0.5) is 5.69 Å². The average Bonchev–Trinajstić information content (AvgIpc) is 3.54. The number of nitrogens with zero attached hydrogens (tertiary/aromatic N) is 4. The number of halogens is 1. The monoisotopic (exact) mass is 624 g/mol.